The second-order valence-electron chi connectivity index (χ2n) is 9.98. The Morgan fingerprint density at radius 3 is 2.60 bits per heavy atom. The van der Waals surface area contributed by atoms with Crippen LogP contribution in [0.5, 0.6) is 0 Å². The molecule has 0 radical (unpaired) electrons. The van der Waals surface area contributed by atoms with Gasteiger partial charge in [-0.1, -0.05) is 30.3 Å². The maximum absolute atomic E-state index is 13.6. The summed E-state index contributed by atoms with van der Waals surface area (Å²) in [6.07, 6.45) is 0.475. The van der Waals surface area contributed by atoms with E-state index in [0.717, 1.165) is 17.2 Å². The number of benzene rings is 2. The number of sulfonamides is 1. The highest BCUT2D eigenvalue weighted by Crippen LogP contribution is 2.21. The van der Waals surface area contributed by atoms with Crippen LogP contribution in [-0.2, 0) is 24.3 Å². The number of aliphatic hydroxyl groups is 1. The van der Waals surface area contributed by atoms with E-state index < -0.39 is 34.0 Å². The number of piperidine rings is 1. The van der Waals surface area contributed by atoms with Crippen molar-refractivity contribution < 1.29 is 27.9 Å². The molecule has 3 atom stereocenters. The number of nitrogens with two attached hydrogens (primary N) is 1. The lowest BCUT2D eigenvalue weighted by Crippen LogP contribution is -2.56. The molecule has 2 aromatic rings. The molecule has 2 fully saturated rings. The van der Waals surface area contributed by atoms with Crippen LogP contribution in [0, 0.1) is 5.41 Å². The SMILES string of the molecule is CN(C(=O)CC(NS(=O)(=O)c1ccc2ccccc2c1)C(=O)N1CCOC(CO)C1)C1CCCN(C(=N)N)C1.Cl. The van der Waals surface area contributed by atoms with Crippen molar-refractivity contribution in [1.29, 1.82) is 5.41 Å². The van der Waals surface area contributed by atoms with Gasteiger partial charge < -0.3 is 30.3 Å². The number of nitrogens with one attached hydrogen (secondary N) is 2. The number of hydrogen-bond donors (Lipinski definition) is 4. The van der Waals surface area contributed by atoms with Crippen molar-refractivity contribution in [2.75, 3.05) is 46.4 Å². The van der Waals surface area contributed by atoms with Crippen LogP contribution >= 0.6 is 12.4 Å². The molecule has 2 saturated heterocycles. The first-order valence-corrected chi connectivity index (χ1v) is 14.4. The van der Waals surface area contributed by atoms with Gasteiger partial charge in [0, 0.05) is 39.3 Å². The molecule has 0 saturated carbocycles. The highest BCUT2D eigenvalue weighted by atomic mass is 35.5. The molecule has 3 unspecified atom stereocenters. The number of carbonyl (C=O) groups excluding carboxylic acids is 2. The lowest BCUT2D eigenvalue weighted by atomic mass is 10.0. The first kappa shape index (κ1) is 31.6. The summed E-state index contributed by atoms with van der Waals surface area (Å²) in [6, 6.07) is 10.4. The lowest BCUT2D eigenvalue weighted by Gasteiger charge is -2.38. The Labute approximate surface area is 240 Å². The number of morpholine rings is 1. The number of carbonyl (C=O) groups is 2. The first-order chi connectivity index (χ1) is 18.6. The number of ether oxygens (including phenoxy) is 1. The fourth-order valence-electron chi connectivity index (χ4n) is 5.03. The number of guanidine groups is 1. The zero-order chi connectivity index (χ0) is 28.2. The van der Waals surface area contributed by atoms with E-state index in [1.807, 2.05) is 18.2 Å². The molecule has 2 amide bonds. The number of likely N-dealkylation sites (N-methyl/N-ethyl adjacent to an activating group) is 1. The first-order valence-electron chi connectivity index (χ1n) is 13.0. The van der Waals surface area contributed by atoms with Gasteiger partial charge in [0.05, 0.1) is 30.6 Å². The van der Waals surface area contributed by atoms with Gasteiger partial charge in [0.15, 0.2) is 5.96 Å². The van der Waals surface area contributed by atoms with Crippen LogP contribution in [0.25, 0.3) is 10.8 Å². The van der Waals surface area contributed by atoms with Gasteiger partial charge in [-0.05, 0) is 35.7 Å². The lowest BCUT2D eigenvalue weighted by molar-refractivity contribution is -0.145. The van der Waals surface area contributed by atoms with E-state index in [9.17, 15) is 23.1 Å². The Kier molecular flexibility index (Phi) is 10.7. The summed E-state index contributed by atoms with van der Waals surface area (Å²) < 4.78 is 34.8. The molecule has 2 aromatic carbocycles. The highest BCUT2D eigenvalue weighted by Gasteiger charge is 2.36. The largest absolute Gasteiger partial charge is 0.394 e. The number of aliphatic hydroxyl groups excluding tert-OH is 1. The molecule has 12 nitrogen and oxygen atoms in total. The second kappa shape index (κ2) is 13.6. The van der Waals surface area contributed by atoms with Gasteiger partial charge in [0.25, 0.3) is 0 Å². The van der Waals surface area contributed by atoms with Gasteiger partial charge in [-0.25, -0.2) is 8.42 Å². The summed E-state index contributed by atoms with van der Waals surface area (Å²) >= 11 is 0. The van der Waals surface area contributed by atoms with Gasteiger partial charge in [0.2, 0.25) is 21.8 Å². The van der Waals surface area contributed by atoms with Gasteiger partial charge >= 0.3 is 0 Å². The Hall–Kier alpha value is -2.97. The molecule has 2 aliphatic rings. The smallest absolute Gasteiger partial charge is 0.241 e. The minimum atomic E-state index is -4.17. The van der Waals surface area contributed by atoms with E-state index >= 15 is 0 Å². The predicted octanol–water partition coefficient (Wildman–Crippen LogP) is 0.335. The molecular weight excluding hydrogens is 560 g/mol. The Morgan fingerprint density at radius 1 is 1.18 bits per heavy atom. The topological polar surface area (TPSA) is 169 Å². The zero-order valence-electron chi connectivity index (χ0n) is 22.4. The van der Waals surface area contributed by atoms with E-state index in [2.05, 4.69) is 4.72 Å². The number of hydrogen-bond acceptors (Lipinski definition) is 7. The third-order valence-corrected chi connectivity index (χ3v) is 8.81. The van der Waals surface area contributed by atoms with Crippen molar-refractivity contribution in [3.63, 3.8) is 0 Å². The van der Waals surface area contributed by atoms with Crippen molar-refractivity contribution >= 4 is 51.0 Å². The van der Waals surface area contributed by atoms with Crippen molar-refractivity contribution in [2.45, 2.75) is 42.3 Å². The van der Waals surface area contributed by atoms with Crippen molar-refractivity contribution in [3.05, 3.63) is 42.5 Å². The van der Waals surface area contributed by atoms with Crippen LogP contribution in [0.4, 0.5) is 0 Å². The fourth-order valence-corrected chi connectivity index (χ4v) is 6.26. The molecule has 2 heterocycles. The van der Waals surface area contributed by atoms with Gasteiger partial charge in [-0.15, -0.1) is 12.4 Å². The molecule has 40 heavy (non-hydrogen) atoms. The molecule has 0 aliphatic carbocycles. The van der Waals surface area contributed by atoms with Crippen molar-refractivity contribution in [1.82, 2.24) is 19.4 Å². The number of likely N-dealkylation sites (tertiary alicyclic amines) is 1. The monoisotopic (exact) mass is 596 g/mol. The van der Waals surface area contributed by atoms with E-state index in [1.165, 1.54) is 21.9 Å². The van der Waals surface area contributed by atoms with Crippen LogP contribution in [0.2, 0.25) is 0 Å². The number of nitrogens with zero attached hydrogens (tertiary/aromatic N) is 3. The zero-order valence-corrected chi connectivity index (χ0v) is 24.0. The number of halogens is 1. The molecule has 4 rings (SSSR count). The summed E-state index contributed by atoms with van der Waals surface area (Å²) in [5.41, 5.74) is 5.64. The summed E-state index contributed by atoms with van der Waals surface area (Å²) in [5, 5.41) is 18.8. The van der Waals surface area contributed by atoms with Crippen LogP contribution in [0.15, 0.2) is 47.4 Å². The standard InChI is InChI=1S/C26H36N6O6S.ClH/c1-30(20-7-4-10-32(15-20)26(27)28)24(34)14-23(25(35)31-11-12-38-21(16-31)17-33)29-39(36,37)22-9-8-18-5-2-3-6-19(18)13-22;/h2-3,5-6,8-9,13,20-21,23,29,33H,4,7,10-12,14-17H2,1H3,(H3,27,28);1H. The normalized spacial score (nSPS) is 20.4. The molecule has 220 valence electrons. The fraction of sp³-hybridized carbons (Fsp3) is 0.500. The minimum Gasteiger partial charge on any atom is -0.394 e. The molecule has 2 aliphatic heterocycles. The van der Waals surface area contributed by atoms with Gasteiger partial charge in [-0.2, -0.15) is 4.72 Å². The van der Waals surface area contributed by atoms with E-state index in [1.54, 1.807) is 24.1 Å². The molecular formula is C26H37ClN6O6S. The van der Waals surface area contributed by atoms with E-state index in [0.29, 0.717) is 19.5 Å². The number of amides is 2. The molecule has 0 spiro atoms. The van der Waals surface area contributed by atoms with Crippen LogP contribution in [0.1, 0.15) is 19.3 Å². The highest BCUT2D eigenvalue weighted by molar-refractivity contribution is 7.89. The third-order valence-electron chi connectivity index (χ3n) is 7.34. The maximum atomic E-state index is 13.6. The quantitative estimate of drug-likeness (QED) is 0.250. The van der Waals surface area contributed by atoms with Crippen molar-refractivity contribution in [3.8, 4) is 0 Å². The molecule has 5 N–H and O–H groups in total. The van der Waals surface area contributed by atoms with Gasteiger partial charge in [0.1, 0.15) is 6.04 Å². The average molecular weight is 597 g/mol. The average Bonchev–Trinajstić information content (AvgIpc) is 2.95. The van der Waals surface area contributed by atoms with Crippen LogP contribution < -0.4 is 10.5 Å². The number of fused-ring (bicyclic) bond motifs is 1. The van der Waals surface area contributed by atoms with Crippen LogP contribution in [-0.4, -0.2) is 111 Å². The maximum Gasteiger partial charge on any atom is 0.241 e. The summed E-state index contributed by atoms with van der Waals surface area (Å²) in [4.78, 5) is 31.6. The van der Waals surface area contributed by atoms with Gasteiger partial charge in [-0.3, -0.25) is 15.0 Å². The van der Waals surface area contributed by atoms with E-state index in [-0.39, 0.29) is 62.0 Å². The molecule has 0 aromatic heterocycles. The Morgan fingerprint density at radius 2 is 1.90 bits per heavy atom. The Bertz CT molecular complexity index is 1330. The molecule has 14 heteroatoms. The molecule has 0 bridgehead atoms. The van der Waals surface area contributed by atoms with E-state index in [4.69, 9.17) is 15.9 Å². The summed E-state index contributed by atoms with van der Waals surface area (Å²) in [7, 11) is -2.55. The predicted molar refractivity (Wildman–Crippen MR) is 153 cm³/mol. The van der Waals surface area contributed by atoms with Crippen molar-refractivity contribution in [2.24, 2.45) is 5.73 Å². The van der Waals surface area contributed by atoms with Crippen LogP contribution in [0.3, 0.4) is 0 Å². The second-order valence-corrected chi connectivity index (χ2v) is 11.7. The number of rotatable bonds is 8. The third kappa shape index (κ3) is 7.40. The summed E-state index contributed by atoms with van der Waals surface area (Å²) in [5.74, 6) is -1.03. The minimum absolute atomic E-state index is 0. The summed E-state index contributed by atoms with van der Waals surface area (Å²) in [6.45, 7) is 1.23. The Balaban J connectivity index is 0.00000441.